The van der Waals surface area contributed by atoms with E-state index in [1.54, 1.807) is 26.0 Å². The molecular weight excluding hydrogens is 306 g/mol. The Kier molecular flexibility index (Phi) is 5.14. The van der Waals surface area contributed by atoms with Gasteiger partial charge in [0.15, 0.2) is 0 Å². The third kappa shape index (κ3) is 3.69. The Hall–Kier alpha value is -2.94. The molecule has 124 valence electrons. The van der Waals surface area contributed by atoms with Crippen molar-refractivity contribution < 1.29 is 4.79 Å². The van der Waals surface area contributed by atoms with Crippen LogP contribution in [0.5, 0.6) is 0 Å². The predicted molar refractivity (Wildman–Crippen MR) is 90.3 cm³/mol. The van der Waals surface area contributed by atoms with Gasteiger partial charge in [0.2, 0.25) is 5.78 Å². The molecule has 0 atom stereocenters. The summed E-state index contributed by atoms with van der Waals surface area (Å²) in [5.74, 6) is -0.615. The fraction of sp³-hybridized carbons (Fsp3) is 0.333. The molecule has 0 bridgehead atoms. The molecule has 1 aromatic carbocycles. The van der Waals surface area contributed by atoms with Crippen LogP contribution in [0.4, 0.5) is 0 Å². The predicted octanol–water partition coefficient (Wildman–Crippen LogP) is 2.18. The standard InChI is InChI=1S/C18H19N3O3/c1-10(2)14-15(20-18(24)21-17(14)23)16(22)13-8-11(3)7-12(9-13)5-4-6-19/h7-10H,4-5H2,1-3H3,(H2,20,21,23,24). The maximum atomic E-state index is 12.9. The van der Waals surface area contributed by atoms with Crippen LogP contribution in [-0.2, 0) is 6.42 Å². The summed E-state index contributed by atoms with van der Waals surface area (Å²) in [4.78, 5) is 41.1. The second-order valence-corrected chi connectivity index (χ2v) is 6.05. The number of rotatable bonds is 5. The average Bonchev–Trinajstić information content (AvgIpc) is 2.50. The van der Waals surface area contributed by atoms with Crippen molar-refractivity contribution in [1.29, 1.82) is 5.26 Å². The minimum Gasteiger partial charge on any atom is -0.304 e. The molecule has 0 fully saturated rings. The maximum absolute atomic E-state index is 12.9. The number of hydrogen-bond donors (Lipinski definition) is 2. The van der Waals surface area contributed by atoms with Gasteiger partial charge in [0.05, 0.1) is 11.8 Å². The molecule has 0 spiro atoms. The third-order valence-corrected chi connectivity index (χ3v) is 3.71. The first-order valence-electron chi connectivity index (χ1n) is 7.72. The molecule has 6 heteroatoms. The minimum absolute atomic E-state index is 0.0237. The zero-order valence-corrected chi connectivity index (χ0v) is 13.9. The Morgan fingerprint density at radius 2 is 1.92 bits per heavy atom. The molecule has 1 aromatic heterocycles. The molecule has 1 heterocycles. The van der Waals surface area contributed by atoms with Crippen molar-refractivity contribution in [1.82, 2.24) is 9.97 Å². The third-order valence-electron chi connectivity index (χ3n) is 3.71. The van der Waals surface area contributed by atoms with Crippen molar-refractivity contribution in [3.8, 4) is 6.07 Å². The number of aromatic nitrogens is 2. The number of nitriles is 1. The Morgan fingerprint density at radius 3 is 2.54 bits per heavy atom. The van der Waals surface area contributed by atoms with Crippen LogP contribution in [0.2, 0.25) is 0 Å². The van der Waals surface area contributed by atoms with Gasteiger partial charge in [-0.15, -0.1) is 0 Å². The van der Waals surface area contributed by atoms with E-state index >= 15 is 0 Å². The lowest BCUT2D eigenvalue weighted by Crippen LogP contribution is -2.30. The summed E-state index contributed by atoms with van der Waals surface area (Å²) in [5.41, 5.74) is 1.19. The highest BCUT2D eigenvalue weighted by atomic mass is 16.2. The lowest BCUT2D eigenvalue weighted by atomic mass is 9.95. The number of nitrogens with one attached hydrogen (secondary N) is 2. The number of carbonyl (C=O) groups excluding carboxylic acids is 1. The van der Waals surface area contributed by atoms with Crippen molar-refractivity contribution in [2.45, 2.75) is 39.5 Å². The summed E-state index contributed by atoms with van der Waals surface area (Å²) < 4.78 is 0. The molecule has 0 aliphatic heterocycles. The first kappa shape index (κ1) is 17.4. The molecule has 6 nitrogen and oxygen atoms in total. The highest BCUT2D eigenvalue weighted by molar-refractivity contribution is 6.08. The van der Waals surface area contributed by atoms with Gasteiger partial charge in [0.1, 0.15) is 0 Å². The van der Waals surface area contributed by atoms with Gasteiger partial charge in [-0.05, 0) is 37.0 Å². The first-order chi connectivity index (χ1) is 11.3. The molecule has 0 saturated heterocycles. The summed E-state index contributed by atoms with van der Waals surface area (Å²) in [5, 5.41) is 8.72. The topological polar surface area (TPSA) is 107 Å². The highest BCUT2D eigenvalue weighted by Crippen LogP contribution is 2.18. The Balaban J connectivity index is 2.58. The second kappa shape index (κ2) is 7.09. The van der Waals surface area contributed by atoms with Gasteiger partial charge in [-0.1, -0.05) is 25.5 Å². The fourth-order valence-electron chi connectivity index (χ4n) is 2.71. The first-order valence-corrected chi connectivity index (χ1v) is 7.72. The lowest BCUT2D eigenvalue weighted by Gasteiger charge is -2.11. The molecule has 0 saturated carbocycles. The molecule has 0 radical (unpaired) electrons. The van der Waals surface area contributed by atoms with Crippen molar-refractivity contribution in [2.24, 2.45) is 0 Å². The Labute approximate surface area is 139 Å². The number of hydrogen-bond acceptors (Lipinski definition) is 4. The van der Waals surface area contributed by atoms with E-state index in [2.05, 4.69) is 16.0 Å². The summed E-state index contributed by atoms with van der Waals surface area (Å²) in [7, 11) is 0. The zero-order chi connectivity index (χ0) is 17.9. The van der Waals surface area contributed by atoms with Crippen LogP contribution in [0.1, 0.15) is 58.9 Å². The van der Waals surface area contributed by atoms with Gasteiger partial charge >= 0.3 is 5.69 Å². The van der Waals surface area contributed by atoms with Crippen molar-refractivity contribution in [3.63, 3.8) is 0 Å². The van der Waals surface area contributed by atoms with E-state index < -0.39 is 17.0 Å². The summed E-state index contributed by atoms with van der Waals surface area (Å²) in [6.45, 7) is 5.43. The molecule has 24 heavy (non-hydrogen) atoms. The molecule has 0 aliphatic carbocycles. The van der Waals surface area contributed by atoms with E-state index in [0.29, 0.717) is 18.4 Å². The molecule has 0 amide bonds. The van der Waals surface area contributed by atoms with E-state index in [1.807, 2.05) is 13.0 Å². The largest absolute Gasteiger partial charge is 0.326 e. The summed E-state index contributed by atoms with van der Waals surface area (Å²) >= 11 is 0. The number of aromatic amines is 2. The van der Waals surface area contributed by atoms with Gasteiger partial charge in [-0.3, -0.25) is 14.6 Å². The quantitative estimate of drug-likeness (QED) is 0.822. The van der Waals surface area contributed by atoms with Crippen molar-refractivity contribution >= 4 is 5.78 Å². The van der Waals surface area contributed by atoms with Crippen LogP contribution in [-0.4, -0.2) is 15.8 Å². The van der Waals surface area contributed by atoms with Crippen LogP contribution in [0.15, 0.2) is 27.8 Å². The maximum Gasteiger partial charge on any atom is 0.326 e. The van der Waals surface area contributed by atoms with E-state index in [0.717, 1.165) is 11.1 Å². The van der Waals surface area contributed by atoms with Crippen LogP contribution in [0.25, 0.3) is 0 Å². The highest BCUT2D eigenvalue weighted by Gasteiger charge is 2.21. The Bertz CT molecular complexity index is 930. The average molecular weight is 325 g/mol. The van der Waals surface area contributed by atoms with E-state index in [-0.39, 0.29) is 17.2 Å². The normalized spacial score (nSPS) is 10.6. The molecule has 0 unspecified atom stereocenters. The van der Waals surface area contributed by atoms with Gasteiger partial charge < -0.3 is 4.98 Å². The Morgan fingerprint density at radius 1 is 1.21 bits per heavy atom. The van der Waals surface area contributed by atoms with Gasteiger partial charge in [0, 0.05) is 17.5 Å². The minimum atomic E-state index is -0.704. The lowest BCUT2D eigenvalue weighted by molar-refractivity contribution is 0.103. The van der Waals surface area contributed by atoms with Crippen LogP contribution >= 0.6 is 0 Å². The number of aryl methyl sites for hydroxylation is 2. The number of carbonyl (C=O) groups is 1. The summed E-state index contributed by atoms with van der Waals surface area (Å²) in [6, 6.07) is 7.41. The number of H-pyrrole nitrogens is 2. The number of nitrogens with zero attached hydrogens (tertiary/aromatic N) is 1. The van der Waals surface area contributed by atoms with Crippen molar-refractivity contribution in [3.05, 3.63) is 67.0 Å². The molecule has 0 aliphatic rings. The van der Waals surface area contributed by atoms with E-state index in [4.69, 9.17) is 5.26 Å². The molecule has 2 N–H and O–H groups in total. The molecule has 2 rings (SSSR count). The monoisotopic (exact) mass is 325 g/mol. The SMILES string of the molecule is Cc1cc(CCC#N)cc(C(=O)c2[nH]c(=O)[nH]c(=O)c2C(C)C)c1. The smallest absolute Gasteiger partial charge is 0.304 e. The number of ketones is 1. The molecular formula is C18H19N3O3. The number of benzene rings is 1. The second-order valence-electron chi connectivity index (χ2n) is 6.05. The van der Waals surface area contributed by atoms with Crippen molar-refractivity contribution in [2.75, 3.05) is 0 Å². The summed E-state index contributed by atoms with van der Waals surface area (Å²) in [6.07, 6.45) is 0.900. The molecule has 2 aromatic rings. The van der Waals surface area contributed by atoms with Crippen LogP contribution in [0.3, 0.4) is 0 Å². The fourth-order valence-corrected chi connectivity index (χ4v) is 2.71. The van der Waals surface area contributed by atoms with Gasteiger partial charge in [-0.25, -0.2) is 4.79 Å². The van der Waals surface area contributed by atoms with E-state index in [9.17, 15) is 14.4 Å². The van der Waals surface area contributed by atoms with Crippen LogP contribution < -0.4 is 11.2 Å². The van der Waals surface area contributed by atoms with Gasteiger partial charge in [-0.2, -0.15) is 5.26 Å². The zero-order valence-electron chi connectivity index (χ0n) is 13.9. The van der Waals surface area contributed by atoms with E-state index in [1.165, 1.54) is 0 Å². The van der Waals surface area contributed by atoms with Gasteiger partial charge in [0.25, 0.3) is 5.56 Å². The van der Waals surface area contributed by atoms with Crippen LogP contribution in [0, 0.1) is 18.3 Å².